The van der Waals surface area contributed by atoms with Crippen LogP contribution in [0.2, 0.25) is 0 Å². The van der Waals surface area contributed by atoms with Gasteiger partial charge in [0.05, 0.1) is 18.9 Å². The molecule has 1 atom stereocenters. The van der Waals surface area contributed by atoms with Crippen molar-refractivity contribution in [2.24, 2.45) is 5.92 Å². The zero-order valence-electron chi connectivity index (χ0n) is 10.1. The maximum absolute atomic E-state index is 5.66. The molecule has 0 amide bonds. The van der Waals surface area contributed by atoms with Crippen molar-refractivity contribution in [1.29, 1.82) is 0 Å². The Kier molecular flexibility index (Phi) is 2.47. The van der Waals surface area contributed by atoms with E-state index < -0.39 is 0 Å². The van der Waals surface area contributed by atoms with Gasteiger partial charge in [-0.1, -0.05) is 19.9 Å². The van der Waals surface area contributed by atoms with E-state index in [2.05, 4.69) is 26.0 Å². The van der Waals surface area contributed by atoms with E-state index >= 15 is 0 Å². The minimum Gasteiger partial charge on any atom is -0.375 e. The molecule has 0 saturated heterocycles. The number of fused-ring (bicyclic) bond motifs is 1. The van der Waals surface area contributed by atoms with Gasteiger partial charge in [0.15, 0.2) is 0 Å². The lowest BCUT2D eigenvalue weighted by Crippen LogP contribution is -2.22. The van der Waals surface area contributed by atoms with Crippen molar-refractivity contribution in [2.75, 3.05) is 6.61 Å². The van der Waals surface area contributed by atoms with Crippen LogP contribution in [0.4, 0.5) is 0 Å². The van der Waals surface area contributed by atoms with Gasteiger partial charge in [0.1, 0.15) is 0 Å². The van der Waals surface area contributed by atoms with E-state index in [-0.39, 0.29) is 0 Å². The summed E-state index contributed by atoms with van der Waals surface area (Å²) in [5, 5.41) is 0. The molecule has 1 aliphatic carbocycles. The first kappa shape index (κ1) is 10.3. The van der Waals surface area contributed by atoms with E-state index in [9.17, 15) is 0 Å². The molecule has 1 fully saturated rings. The summed E-state index contributed by atoms with van der Waals surface area (Å²) >= 11 is 0. The molecule has 0 aromatic carbocycles. The maximum atomic E-state index is 5.66. The molecule has 1 unspecified atom stereocenters. The number of pyridine rings is 1. The van der Waals surface area contributed by atoms with Crippen LogP contribution in [0.1, 0.15) is 55.5 Å². The zero-order valence-corrected chi connectivity index (χ0v) is 10.1. The molecule has 0 spiro atoms. The summed E-state index contributed by atoms with van der Waals surface area (Å²) in [4.78, 5) is 4.78. The van der Waals surface area contributed by atoms with Crippen LogP contribution >= 0.6 is 0 Å². The fraction of sp³-hybridized carbons (Fsp3) is 0.643. The minimum absolute atomic E-state index is 0.532. The van der Waals surface area contributed by atoms with Crippen LogP contribution in [-0.4, -0.2) is 11.6 Å². The summed E-state index contributed by atoms with van der Waals surface area (Å²) < 4.78 is 5.66. The van der Waals surface area contributed by atoms with Crippen LogP contribution in [0, 0.1) is 5.92 Å². The topological polar surface area (TPSA) is 22.1 Å². The molecule has 1 aromatic heterocycles. The molecule has 2 heteroatoms. The quantitative estimate of drug-likeness (QED) is 0.758. The SMILES string of the molecule is CC(C)C1COCc2nc(C3CC3)ccc21. The molecular weight excluding hydrogens is 198 g/mol. The Morgan fingerprint density at radius 2 is 2.12 bits per heavy atom. The van der Waals surface area contributed by atoms with Gasteiger partial charge in [0.25, 0.3) is 0 Å². The first-order valence-electron chi connectivity index (χ1n) is 6.33. The van der Waals surface area contributed by atoms with Crippen molar-refractivity contribution in [2.45, 2.75) is 45.1 Å². The number of hydrogen-bond acceptors (Lipinski definition) is 2. The van der Waals surface area contributed by atoms with Crippen LogP contribution in [-0.2, 0) is 11.3 Å². The van der Waals surface area contributed by atoms with E-state index in [1.165, 1.54) is 29.8 Å². The zero-order chi connectivity index (χ0) is 11.1. The molecule has 0 N–H and O–H groups in total. The van der Waals surface area contributed by atoms with Crippen LogP contribution in [0.25, 0.3) is 0 Å². The Labute approximate surface area is 97.0 Å². The van der Waals surface area contributed by atoms with Crippen LogP contribution < -0.4 is 0 Å². The predicted molar refractivity (Wildman–Crippen MR) is 63.4 cm³/mol. The summed E-state index contributed by atoms with van der Waals surface area (Å²) in [5.74, 6) is 1.90. The van der Waals surface area contributed by atoms with Crippen molar-refractivity contribution >= 4 is 0 Å². The van der Waals surface area contributed by atoms with Gasteiger partial charge in [0.2, 0.25) is 0 Å². The number of ether oxygens (including phenoxy) is 1. The first-order valence-corrected chi connectivity index (χ1v) is 6.33. The third-order valence-corrected chi connectivity index (χ3v) is 3.77. The summed E-state index contributed by atoms with van der Waals surface area (Å²) in [6.07, 6.45) is 2.64. The molecule has 0 radical (unpaired) electrons. The van der Waals surface area contributed by atoms with Gasteiger partial charge in [-0.05, 0) is 30.4 Å². The molecule has 1 aliphatic heterocycles. The van der Waals surface area contributed by atoms with Gasteiger partial charge < -0.3 is 4.74 Å². The van der Waals surface area contributed by atoms with Crippen LogP contribution in [0.15, 0.2) is 12.1 Å². The Hall–Kier alpha value is -0.890. The van der Waals surface area contributed by atoms with Crippen molar-refractivity contribution < 1.29 is 4.74 Å². The minimum atomic E-state index is 0.532. The van der Waals surface area contributed by atoms with E-state index in [4.69, 9.17) is 9.72 Å². The summed E-state index contributed by atoms with van der Waals surface area (Å²) in [5.41, 5.74) is 3.90. The molecular formula is C14H19NO. The standard InChI is InChI=1S/C14H19NO/c1-9(2)12-7-16-8-14-11(12)5-6-13(15-14)10-3-4-10/h5-6,9-10,12H,3-4,7-8H2,1-2H3. The molecule has 1 saturated carbocycles. The van der Waals surface area contributed by atoms with Crippen molar-refractivity contribution in [3.8, 4) is 0 Å². The molecule has 2 heterocycles. The lowest BCUT2D eigenvalue weighted by atomic mass is 9.86. The predicted octanol–water partition coefficient (Wildman–Crippen LogP) is 3.23. The van der Waals surface area contributed by atoms with Gasteiger partial charge in [-0.25, -0.2) is 0 Å². The maximum Gasteiger partial charge on any atom is 0.0891 e. The second-order valence-electron chi connectivity index (χ2n) is 5.41. The van der Waals surface area contributed by atoms with Crippen LogP contribution in [0.3, 0.4) is 0 Å². The Morgan fingerprint density at radius 1 is 1.31 bits per heavy atom. The smallest absolute Gasteiger partial charge is 0.0891 e. The third-order valence-electron chi connectivity index (χ3n) is 3.77. The number of hydrogen-bond donors (Lipinski definition) is 0. The fourth-order valence-electron chi connectivity index (χ4n) is 2.51. The Morgan fingerprint density at radius 3 is 2.81 bits per heavy atom. The van der Waals surface area contributed by atoms with Gasteiger partial charge >= 0.3 is 0 Å². The Bertz CT molecular complexity index is 396. The average molecular weight is 217 g/mol. The van der Waals surface area contributed by atoms with E-state index in [0.29, 0.717) is 18.4 Å². The molecule has 0 bridgehead atoms. The lowest BCUT2D eigenvalue weighted by Gasteiger charge is -2.28. The second-order valence-corrected chi connectivity index (χ2v) is 5.41. The summed E-state index contributed by atoms with van der Waals surface area (Å²) in [6, 6.07) is 4.53. The number of nitrogens with zero attached hydrogens (tertiary/aromatic N) is 1. The van der Waals surface area contributed by atoms with E-state index in [1.54, 1.807) is 0 Å². The number of aromatic nitrogens is 1. The fourth-order valence-corrected chi connectivity index (χ4v) is 2.51. The largest absolute Gasteiger partial charge is 0.375 e. The molecule has 86 valence electrons. The Balaban J connectivity index is 1.95. The molecule has 2 nitrogen and oxygen atoms in total. The van der Waals surface area contributed by atoms with Crippen molar-refractivity contribution in [3.63, 3.8) is 0 Å². The van der Waals surface area contributed by atoms with E-state index in [0.717, 1.165) is 12.5 Å². The number of rotatable bonds is 2. The first-order chi connectivity index (χ1) is 7.75. The molecule has 3 rings (SSSR count). The molecule has 2 aliphatic rings. The highest BCUT2D eigenvalue weighted by Gasteiger charge is 2.29. The van der Waals surface area contributed by atoms with Crippen molar-refractivity contribution in [1.82, 2.24) is 4.98 Å². The van der Waals surface area contributed by atoms with Gasteiger partial charge in [-0.3, -0.25) is 4.98 Å². The highest BCUT2D eigenvalue weighted by atomic mass is 16.5. The highest BCUT2D eigenvalue weighted by molar-refractivity contribution is 5.30. The van der Waals surface area contributed by atoms with Gasteiger partial charge in [-0.2, -0.15) is 0 Å². The van der Waals surface area contributed by atoms with E-state index in [1.807, 2.05) is 0 Å². The summed E-state index contributed by atoms with van der Waals surface area (Å²) in [6.45, 7) is 6.09. The summed E-state index contributed by atoms with van der Waals surface area (Å²) in [7, 11) is 0. The van der Waals surface area contributed by atoms with Crippen molar-refractivity contribution in [3.05, 3.63) is 29.1 Å². The molecule has 16 heavy (non-hydrogen) atoms. The van der Waals surface area contributed by atoms with Gasteiger partial charge in [0, 0.05) is 17.5 Å². The highest BCUT2D eigenvalue weighted by Crippen LogP contribution is 2.40. The lowest BCUT2D eigenvalue weighted by molar-refractivity contribution is 0.0760. The average Bonchev–Trinajstić information content (AvgIpc) is 3.11. The second kappa shape index (κ2) is 3.85. The normalized spacial score (nSPS) is 24.6. The van der Waals surface area contributed by atoms with Gasteiger partial charge in [-0.15, -0.1) is 0 Å². The third kappa shape index (κ3) is 1.75. The monoisotopic (exact) mass is 217 g/mol. The molecule has 1 aromatic rings. The van der Waals surface area contributed by atoms with Crippen LogP contribution in [0.5, 0.6) is 0 Å².